The Morgan fingerprint density at radius 3 is 2.24 bits per heavy atom. The Morgan fingerprint density at radius 2 is 1.71 bits per heavy atom. The number of hydrogen-bond acceptors (Lipinski definition) is 6. The van der Waals surface area contributed by atoms with Gasteiger partial charge in [0.15, 0.2) is 0 Å². The van der Waals surface area contributed by atoms with Gasteiger partial charge < -0.3 is 9.80 Å². The molecule has 0 saturated carbocycles. The molecule has 1 aliphatic heterocycles. The number of thiazole rings is 2. The highest BCUT2D eigenvalue weighted by atomic mass is 32.1. The number of aromatic nitrogens is 2. The summed E-state index contributed by atoms with van der Waals surface area (Å²) in [6.45, 7) is 3.51. The molecule has 1 aliphatic rings. The lowest BCUT2D eigenvalue weighted by Crippen LogP contribution is -2.55. The third-order valence-electron chi connectivity index (χ3n) is 3.48. The smallest absolute Gasteiger partial charge is 0.273 e. The average molecular weight is 322 g/mol. The number of carbonyl (C=O) groups excluding carboxylic acids is 2. The zero-order valence-electron chi connectivity index (χ0n) is 11.4. The molecule has 2 aromatic rings. The Kier molecular flexibility index (Phi) is 3.98. The summed E-state index contributed by atoms with van der Waals surface area (Å²) in [5.41, 5.74) is 4.26. The van der Waals surface area contributed by atoms with Crippen LogP contribution in [0.4, 0.5) is 0 Å². The highest BCUT2D eigenvalue weighted by Crippen LogP contribution is 2.16. The average Bonchev–Trinajstić information content (AvgIpc) is 3.18. The maximum absolute atomic E-state index is 12.3. The molecule has 1 fully saturated rings. The van der Waals surface area contributed by atoms with E-state index in [9.17, 15) is 9.59 Å². The third kappa shape index (κ3) is 2.81. The van der Waals surface area contributed by atoms with Crippen molar-refractivity contribution in [2.45, 2.75) is 13.0 Å². The van der Waals surface area contributed by atoms with Crippen LogP contribution in [0.2, 0.25) is 0 Å². The van der Waals surface area contributed by atoms with Crippen molar-refractivity contribution in [2.24, 2.45) is 0 Å². The van der Waals surface area contributed by atoms with Crippen LogP contribution >= 0.6 is 22.7 Å². The Morgan fingerprint density at radius 1 is 1.10 bits per heavy atom. The fraction of sp³-hybridized carbons (Fsp3) is 0.385. The summed E-state index contributed by atoms with van der Waals surface area (Å²) in [4.78, 5) is 36.2. The molecule has 3 rings (SSSR count). The second kappa shape index (κ2) is 5.90. The van der Waals surface area contributed by atoms with Crippen molar-refractivity contribution in [3.63, 3.8) is 0 Å². The lowest BCUT2D eigenvalue weighted by atomic mass is 10.1. The molecule has 8 heteroatoms. The number of rotatable bonds is 2. The zero-order chi connectivity index (χ0) is 14.8. The summed E-state index contributed by atoms with van der Waals surface area (Å²) in [6.07, 6.45) is 0. The van der Waals surface area contributed by atoms with Crippen LogP contribution in [0.1, 0.15) is 27.9 Å². The Balaban J connectivity index is 1.67. The maximum atomic E-state index is 12.3. The Bertz CT molecular complexity index is 627. The van der Waals surface area contributed by atoms with E-state index in [-0.39, 0.29) is 17.9 Å². The minimum Gasteiger partial charge on any atom is -0.333 e. The first-order valence-corrected chi connectivity index (χ1v) is 8.42. The van der Waals surface area contributed by atoms with E-state index in [1.54, 1.807) is 31.6 Å². The first kappa shape index (κ1) is 14.2. The molecule has 3 heterocycles. The predicted molar refractivity (Wildman–Crippen MR) is 80.6 cm³/mol. The van der Waals surface area contributed by atoms with Crippen molar-refractivity contribution in [2.75, 3.05) is 19.6 Å². The van der Waals surface area contributed by atoms with Crippen molar-refractivity contribution in [1.29, 1.82) is 0 Å². The molecule has 6 nitrogen and oxygen atoms in total. The van der Waals surface area contributed by atoms with Gasteiger partial charge >= 0.3 is 0 Å². The van der Waals surface area contributed by atoms with Crippen LogP contribution in [0, 0.1) is 0 Å². The molecule has 0 radical (unpaired) electrons. The van der Waals surface area contributed by atoms with Crippen molar-refractivity contribution < 1.29 is 9.59 Å². The van der Waals surface area contributed by atoms with Crippen LogP contribution in [-0.2, 0) is 0 Å². The number of hydrogen-bond donors (Lipinski definition) is 0. The van der Waals surface area contributed by atoms with Crippen LogP contribution in [0.5, 0.6) is 0 Å². The first-order valence-electron chi connectivity index (χ1n) is 6.53. The highest BCUT2D eigenvalue weighted by molar-refractivity contribution is 7.08. The standard InChI is InChI=1S/C13H14N4O2S2/c1-9-4-16(12(18)10-5-20-7-14-10)2-3-17(9)13(19)11-6-21-8-15-11/h5-9H,2-4H2,1H3. The molecular weight excluding hydrogens is 308 g/mol. The largest absolute Gasteiger partial charge is 0.333 e. The predicted octanol–water partition coefficient (Wildman–Crippen LogP) is 1.59. The fourth-order valence-corrected chi connectivity index (χ4v) is 3.44. The molecule has 2 aromatic heterocycles. The van der Waals surface area contributed by atoms with Gasteiger partial charge in [-0.25, -0.2) is 9.97 Å². The van der Waals surface area contributed by atoms with E-state index in [2.05, 4.69) is 9.97 Å². The summed E-state index contributed by atoms with van der Waals surface area (Å²) in [5, 5.41) is 3.50. The maximum Gasteiger partial charge on any atom is 0.273 e. The van der Waals surface area contributed by atoms with Gasteiger partial charge in [-0.15, -0.1) is 22.7 Å². The summed E-state index contributed by atoms with van der Waals surface area (Å²) >= 11 is 2.81. The van der Waals surface area contributed by atoms with Gasteiger partial charge in [0.2, 0.25) is 0 Å². The summed E-state index contributed by atoms with van der Waals surface area (Å²) in [5.74, 6) is -0.131. The number of nitrogens with zero attached hydrogens (tertiary/aromatic N) is 4. The number of amides is 2. The molecule has 21 heavy (non-hydrogen) atoms. The molecule has 2 amide bonds. The molecule has 1 unspecified atom stereocenters. The summed E-state index contributed by atoms with van der Waals surface area (Å²) < 4.78 is 0. The van der Waals surface area contributed by atoms with Crippen LogP contribution in [0.25, 0.3) is 0 Å². The Labute approximate surface area is 130 Å². The molecule has 1 atom stereocenters. The molecule has 110 valence electrons. The number of carbonyl (C=O) groups is 2. The van der Waals surface area contributed by atoms with Crippen LogP contribution in [-0.4, -0.2) is 57.3 Å². The van der Waals surface area contributed by atoms with Gasteiger partial charge in [0.25, 0.3) is 11.8 Å². The number of piperazine rings is 1. The van der Waals surface area contributed by atoms with E-state index in [1.807, 2.05) is 6.92 Å². The van der Waals surface area contributed by atoms with E-state index >= 15 is 0 Å². The second-order valence-electron chi connectivity index (χ2n) is 4.85. The van der Waals surface area contributed by atoms with Gasteiger partial charge in [-0.2, -0.15) is 0 Å². The van der Waals surface area contributed by atoms with Crippen molar-refractivity contribution >= 4 is 34.5 Å². The second-order valence-corrected chi connectivity index (χ2v) is 6.28. The molecule has 0 aromatic carbocycles. The molecule has 0 spiro atoms. The quantitative estimate of drug-likeness (QED) is 0.842. The normalized spacial score (nSPS) is 18.8. The van der Waals surface area contributed by atoms with Gasteiger partial charge in [-0.3, -0.25) is 9.59 Å². The zero-order valence-corrected chi connectivity index (χ0v) is 13.1. The Hall–Kier alpha value is -1.80. The van der Waals surface area contributed by atoms with E-state index in [0.717, 1.165) is 0 Å². The van der Waals surface area contributed by atoms with Crippen LogP contribution < -0.4 is 0 Å². The summed E-state index contributed by atoms with van der Waals surface area (Å²) in [7, 11) is 0. The van der Waals surface area contributed by atoms with Crippen molar-refractivity contribution in [1.82, 2.24) is 19.8 Å². The SMILES string of the molecule is CC1CN(C(=O)c2cscn2)CCN1C(=O)c1cscn1. The molecule has 0 bridgehead atoms. The van der Waals surface area contributed by atoms with E-state index in [4.69, 9.17) is 0 Å². The van der Waals surface area contributed by atoms with E-state index < -0.39 is 0 Å². The fourth-order valence-electron chi connectivity index (χ4n) is 2.39. The van der Waals surface area contributed by atoms with Crippen LogP contribution in [0.3, 0.4) is 0 Å². The van der Waals surface area contributed by atoms with E-state index in [0.29, 0.717) is 31.0 Å². The van der Waals surface area contributed by atoms with Gasteiger partial charge in [0, 0.05) is 36.4 Å². The van der Waals surface area contributed by atoms with Crippen molar-refractivity contribution in [3.05, 3.63) is 33.2 Å². The lowest BCUT2D eigenvalue weighted by Gasteiger charge is -2.39. The summed E-state index contributed by atoms with van der Waals surface area (Å²) in [6, 6.07) is -0.0319. The van der Waals surface area contributed by atoms with Gasteiger partial charge in [0.05, 0.1) is 11.0 Å². The van der Waals surface area contributed by atoms with Gasteiger partial charge in [-0.1, -0.05) is 0 Å². The molecular formula is C13H14N4O2S2. The van der Waals surface area contributed by atoms with Crippen molar-refractivity contribution in [3.8, 4) is 0 Å². The lowest BCUT2D eigenvalue weighted by molar-refractivity contribution is 0.0409. The topological polar surface area (TPSA) is 66.4 Å². The third-order valence-corrected chi connectivity index (χ3v) is 4.65. The minimum absolute atomic E-state index is 0.0319. The molecule has 0 N–H and O–H groups in total. The molecule has 0 aliphatic carbocycles. The first-order chi connectivity index (χ1) is 10.2. The van der Waals surface area contributed by atoms with Crippen LogP contribution in [0.15, 0.2) is 21.8 Å². The molecule has 1 saturated heterocycles. The van der Waals surface area contributed by atoms with Gasteiger partial charge in [-0.05, 0) is 6.92 Å². The minimum atomic E-state index is -0.0659. The monoisotopic (exact) mass is 322 g/mol. The van der Waals surface area contributed by atoms with E-state index in [1.165, 1.54) is 22.7 Å². The van der Waals surface area contributed by atoms with Gasteiger partial charge in [0.1, 0.15) is 11.4 Å². The highest BCUT2D eigenvalue weighted by Gasteiger charge is 2.31.